The van der Waals surface area contributed by atoms with Crippen LogP contribution in [0.2, 0.25) is 0 Å². The van der Waals surface area contributed by atoms with E-state index in [1.165, 1.54) is 17.7 Å². The molecule has 7 nitrogen and oxygen atoms in total. The molecule has 4 rings (SSSR count). The molecule has 0 fully saturated rings. The number of hydrogen-bond acceptors (Lipinski definition) is 4. The Morgan fingerprint density at radius 3 is 2.39 bits per heavy atom. The molecule has 1 amide bonds. The van der Waals surface area contributed by atoms with E-state index in [4.69, 9.17) is 0 Å². The van der Waals surface area contributed by atoms with Crippen LogP contribution in [0.15, 0.2) is 93.3 Å². The summed E-state index contributed by atoms with van der Waals surface area (Å²) in [6.45, 7) is 7.72. The number of sulfonamides is 1. The van der Waals surface area contributed by atoms with Crippen molar-refractivity contribution < 1.29 is 13.2 Å². The fourth-order valence-electron chi connectivity index (χ4n) is 4.35. The van der Waals surface area contributed by atoms with Crippen LogP contribution in [0.4, 0.5) is 5.69 Å². The normalized spacial score (nSPS) is 11.6. The van der Waals surface area contributed by atoms with Crippen LogP contribution in [0.3, 0.4) is 0 Å². The van der Waals surface area contributed by atoms with Crippen molar-refractivity contribution >= 4 is 43.8 Å². The van der Waals surface area contributed by atoms with Crippen LogP contribution in [0.1, 0.15) is 28.1 Å². The molecule has 0 unspecified atom stereocenters. The Morgan fingerprint density at radius 1 is 0.974 bits per heavy atom. The van der Waals surface area contributed by atoms with Gasteiger partial charge in [0.2, 0.25) is 0 Å². The number of carbonyl (C=O) groups excluding carboxylic acids is 1. The molecule has 0 saturated heterocycles. The first-order valence-corrected chi connectivity index (χ1v) is 14.2. The second kappa shape index (κ2) is 11.4. The van der Waals surface area contributed by atoms with Crippen LogP contribution in [0.5, 0.6) is 0 Å². The quantitative estimate of drug-likeness (QED) is 0.207. The van der Waals surface area contributed by atoms with Gasteiger partial charge < -0.3 is 4.57 Å². The summed E-state index contributed by atoms with van der Waals surface area (Å²) in [6.07, 6.45) is 1.58. The zero-order valence-electron chi connectivity index (χ0n) is 21.6. The molecule has 0 atom stereocenters. The van der Waals surface area contributed by atoms with Gasteiger partial charge in [-0.25, -0.2) is 13.8 Å². The Balaban J connectivity index is 1.56. The van der Waals surface area contributed by atoms with Gasteiger partial charge in [-0.1, -0.05) is 57.9 Å². The molecule has 1 aromatic heterocycles. The first-order valence-electron chi connectivity index (χ1n) is 12.0. The summed E-state index contributed by atoms with van der Waals surface area (Å²) in [5.74, 6) is -0.566. The number of aryl methyl sites for hydroxylation is 3. The highest BCUT2D eigenvalue weighted by atomic mass is 79.9. The number of benzene rings is 3. The maximum Gasteiger partial charge on any atom is 0.264 e. The van der Waals surface area contributed by atoms with Crippen molar-refractivity contribution in [1.82, 2.24) is 9.99 Å². The second-order valence-corrected chi connectivity index (χ2v) is 11.8. The predicted octanol–water partition coefficient (Wildman–Crippen LogP) is 5.82. The van der Waals surface area contributed by atoms with Crippen LogP contribution in [0.25, 0.3) is 5.69 Å². The van der Waals surface area contributed by atoms with E-state index < -0.39 is 22.5 Å². The fraction of sp³-hybridized carbons (Fsp3) is 0.172. The highest BCUT2D eigenvalue weighted by Gasteiger charge is 2.27. The van der Waals surface area contributed by atoms with E-state index in [-0.39, 0.29) is 4.90 Å². The molecule has 3 aromatic carbocycles. The highest BCUT2D eigenvalue weighted by Crippen LogP contribution is 2.26. The minimum absolute atomic E-state index is 0.0927. The van der Waals surface area contributed by atoms with Crippen molar-refractivity contribution in [3.63, 3.8) is 0 Å². The number of hydrogen-bond donors (Lipinski definition) is 1. The molecular formula is C29H29BrN4O3S. The molecule has 0 aliphatic carbocycles. The molecule has 0 spiro atoms. The molecule has 0 bridgehead atoms. The van der Waals surface area contributed by atoms with Gasteiger partial charge in [0.25, 0.3) is 15.9 Å². The molecule has 1 heterocycles. The van der Waals surface area contributed by atoms with E-state index in [1.54, 1.807) is 48.7 Å². The van der Waals surface area contributed by atoms with E-state index in [0.29, 0.717) is 10.2 Å². The van der Waals surface area contributed by atoms with E-state index >= 15 is 0 Å². The summed E-state index contributed by atoms with van der Waals surface area (Å²) in [5, 5.41) is 4.14. The van der Waals surface area contributed by atoms with Crippen LogP contribution in [-0.2, 0) is 14.8 Å². The monoisotopic (exact) mass is 592 g/mol. The Bertz CT molecular complexity index is 1610. The van der Waals surface area contributed by atoms with E-state index in [0.717, 1.165) is 32.5 Å². The average Bonchev–Trinajstić information content (AvgIpc) is 3.15. The number of amides is 1. The fourth-order valence-corrected chi connectivity index (χ4v) is 6.17. The third-order valence-corrected chi connectivity index (χ3v) is 8.45. The molecule has 0 saturated carbocycles. The smallest absolute Gasteiger partial charge is 0.264 e. The van der Waals surface area contributed by atoms with Crippen LogP contribution >= 0.6 is 15.9 Å². The Kier molecular flexibility index (Phi) is 8.18. The number of halogens is 1. The van der Waals surface area contributed by atoms with Crippen molar-refractivity contribution in [3.05, 3.63) is 111 Å². The molecule has 9 heteroatoms. The first-order chi connectivity index (χ1) is 18.1. The SMILES string of the molecule is Cc1ccc(-n2c(C)cc(/C=N\NC(=O)CN(c3cccc(Br)c3)S(=O)(=O)c3ccccc3)c2C)c(C)c1. The number of anilines is 1. The zero-order valence-corrected chi connectivity index (χ0v) is 24.0. The van der Waals surface area contributed by atoms with E-state index in [9.17, 15) is 13.2 Å². The third-order valence-electron chi connectivity index (χ3n) is 6.17. The first kappa shape index (κ1) is 27.3. The largest absolute Gasteiger partial charge is 0.318 e. The van der Waals surface area contributed by atoms with Crippen molar-refractivity contribution in [2.45, 2.75) is 32.6 Å². The summed E-state index contributed by atoms with van der Waals surface area (Å²) in [6, 6.07) is 23.1. The van der Waals surface area contributed by atoms with Crippen molar-refractivity contribution in [2.24, 2.45) is 5.10 Å². The predicted molar refractivity (Wildman–Crippen MR) is 156 cm³/mol. The number of nitrogens with zero attached hydrogens (tertiary/aromatic N) is 3. The van der Waals surface area contributed by atoms with Gasteiger partial charge in [0, 0.05) is 27.1 Å². The van der Waals surface area contributed by atoms with Crippen molar-refractivity contribution in [3.8, 4) is 5.69 Å². The maximum atomic E-state index is 13.4. The van der Waals surface area contributed by atoms with Gasteiger partial charge in [0.1, 0.15) is 6.54 Å². The minimum atomic E-state index is -3.99. The Hall–Kier alpha value is -3.69. The Morgan fingerprint density at radius 2 is 1.71 bits per heavy atom. The number of carbonyl (C=O) groups is 1. The lowest BCUT2D eigenvalue weighted by Crippen LogP contribution is -2.39. The zero-order chi connectivity index (χ0) is 27.4. The molecule has 0 aliphatic heterocycles. The standard InChI is InChI=1S/C29H29BrN4O3S/c1-20-13-14-28(21(2)15-20)34-22(3)16-24(23(34)4)18-31-32-29(35)19-33(26-10-8-9-25(30)17-26)38(36,37)27-11-6-5-7-12-27/h5-18H,19H2,1-4H3,(H,32,35)/b31-18-. The third kappa shape index (κ3) is 5.89. The van der Waals surface area contributed by atoms with Gasteiger partial charge in [0.15, 0.2) is 0 Å². The molecule has 38 heavy (non-hydrogen) atoms. The maximum absolute atomic E-state index is 13.4. The molecule has 196 valence electrons. The molecule has 0 aliphatic rings. The van der Waals surface area contributed by atoms with E-state index in [2.05, 4.69) is 63.1 Å². The number of aromatic nitrogens is 1. The average molecular weight is 594 g/mol. The van der Waals surface area contributed by atoms with Gasteiger partial charge in [-0.15, -0.1) is 0 Å². The van der Waals surface area contributed by atoms with Gasteiger partial charge in [-0.2, -0.15) is 5.10 Å². The highest BCUT2D eigenvalue weighted by molar-refractivity contribution is 9.10. The second-order valence-electron chi connectivity index (χ2n) is 9.05. The summed E-state index contributed by atoms with van der Waals surface area (Å²) in [7, 11) is -3.99. The molecule has 1 N–H and O–H groups in total. The number of rotatable bonds is 8. The van der Waals surface area contributed by atoms with E-state index in [1.807, 2.05) is 19.9 Å². The van der Waals surface area contributed by atoms with Crippen molar-refractivity contribution in [2.75, 3.05) is 10.8 Å². The molecule has 4 aromatic rings. The molecular weight excluding hydrogens is 564 g/mol. The topological polar surface area (TPSA) is 83.8 Å². The van der Waals surface area contributed by atoms with Crippen LogP contribution < -0.4 is 9.73 Å². The lowest BCUT2D eigenvalue weighted by atomic mass is 10.1. The minimum Gasteiger partial charge on any atom is -0.318 e. The number of hydrazone groups is 1. The van der Waals surface area contributed by atoms with Gasteiger partial charge in [0.05, 0.1) is 16.8 Å². The lowest BCUT2D eigenvalue weighted by Gasteiger charge is -2.23. The van der Waals surface area contributed by atoms with Gasteiger partial charge >= 0.3 is 0 Å². The van der Waals surface area contributed by atoms with Gasteiger partial charge in [-0.3, -0.25) is 9.10 Å². The lowest BCUT2D eigenvalue weighted by molar-refractivity contribution is -0.119. The Labute approximate surface area is 232 Å². The number of nitrogens with one attached hydrogen (secondary N) is 1. The summed E-state index contributed by atoms with van der Waals surface area (Å²) < 4.78 is 30.8. The molecule has 0 radical (unpaired) electrons. The van der Waals surface area contributed by atoms with Crippen molar-refractivity contribution in [1.29, 1.82) is 0 Å². The van der Waals surface area contributed by atoms with Gasteiger partial charge in [-0.05, 0) is 75.7 Å². The summed E-state index contributed by atoms with van der Waals surface area (Å²) >= 11 is 3.38. The van der Waals surface area contributed by atoms with Crippen LogP contribution in [0, 0.1) is 27.7 Å². The van der Waals surface area contributed by atoms with Crippen LogP contribution in [-0.4, -0.2) is 31.7 Å². The summed E-state index contributed by atoms with van der Waals surface area (Å²) in [4.78, 5) is 13.0. The summed E-state index contributed by atoms with van der Waals surface area (Å²) in [5.41, 5.74) is 9.17.